The van der Waals surface area contributed by atoms with Crippen molar-refractivity contribution in [2.24, 2.45) is 0 Å². The molecule has 0 amide bonds. The first-order chi connectivity index (χ1) is 9.69. The lowest BCUT2D eigenvalue weighted by Crippen LogP contribution is -2.19. The maximum absolute atomic E-state index is 5.55. The Balaban J connectivity index is 2.02. The van der Waals surface area contributed by atoms with Gasteiger partial charge in [-0.25, -0.2) is 0 Å². The van der Waals surface area contributed by atoms with E-state index < -0.39 is 0 Å². The molecule has 0 saturated heterocycles. The largest absolute Gasteiger partial charge is 0.492 e. The van der Waals surface area contributed by atoms with Crippen LogP contribution in [-0.4, -0.2) is 11.7 Å². The van der Waals surface area contributed by atoms with Gasteiger partial charge in [0.2, 0.25) is 0 Å². The third kappa shape index (κ3) is 3.96. The van der Waals surface area contributed by atoms with Gasteiger partial charge in [-0.05, 0) is 50.3 Å². The van der Waals surface area contributed by atoms with Crippen LogP contribution in [-0.2, 0) is 0 Å². The number of aryl methyl sites for hydroxylation is 1. The van der Waals surface area contributed by atoms with Crippen LogP contribution in [0, 0.1) is 6.92 Å². The van der Waals surface area contributed by atoms with Crippen molar-refractivity contribution in [2.75, 3.05) is 17.2 Å². The van der Waals surface area contributed by atoms with E-state index in [2.05, 4.69) is 17.6 Å². The molecule has 0 aromatic heterocycles. The lowest BCUT2D eigenvalue weighted by Gasteiger charge is -2.14. The molecule has 0 aliphatic rings. The van der Waals surface area contributed by atoms with Crippen LogP contribution in [0.3, 0.4) is 0 Å². The first-order valence-electron chi connectivity index (χ1n) is 6.55. The zero-order valence-corrected chi connectivity index (χ0v) is 12.5. The van der Waals surface area contributed by atoms with Crippen LogP contribution in [0.4, 0.5) is 11.4 Å². The lowest BCUT2D eigenvalue weighted by atomic mass is 10.2. The summed E-state index contributed by atoms with van der Waals surface area (Å²) >= 11 is 5.32. The summed E-state index contributed by atoms with van der Waals surface area (Å²) < 4.78 is 5.55. The van der Waals surface area contributed by atoms with E-state index in [-0.39, 0.29) is 0 Å². The fourth-order valence-electron chi connectivity index (χ4n) is 1.77. The zero-order valence-electron chi connectivity index (χ0n) is 11.6. The summed E-state index contributed by atoms with van der Waals surface area (Å²) in [4.78, 5) is 0. The molecule has 0 unspecified atom stereocenters. The van der Waals surface area contributed by atoms with E-state index in [1.165, 1.54) is 5.56 Å². The molecule has 0 fully saturated rings. The second-order valence-corrected chi connectivity index (χ2v) is 4.78. The molecule has 104 valence electrons. The van der Waals surface area contributed by atoms with Crippen LogP contribution in [0.2, 0.25) is 0 Å². The smallest absolute Gasteiger partial charge is 0.175 e. The molecule has 0 bridgehead atoms. The van der Waals surface area contributed by atoms with Crippen LogP contribution in [0.5, 0.6) is 5.75 Å². The first kappa shape index (κ1) is 14.3. The summed E-state index contributed by atoms with van der Waals surface area (Å²) in [5.74, 6) is 0.794. The number of ether oxygens (including phenoxy) is 1. The molecule has 0 aliphatic heterocycles. The number of anilines is 2. The highest BCUT2D eigenvalue weighted by Gasteiger charge is 2.04. The molecule has 0 atom stereocenters. The molecule has 0 aliphatic carbocycles. The van der Waals surface area contributed by atoms with E-state index in [0.717, 1.165) is 17.1 Å². The Morgan fingerprint density at radius 1 is 1.05 bits per heavy atom. The number of thiocarbonyl (C=S) groups is 1. The van der Waals surface area contributed by atoms with Gasteiger partial charge in [-0.3, -0.25) is 0 Å². The van der Waals surface area contributed by atoms with Gasteiger partial charge in [0, 0.05) is 5.69 Å². The van der Waals surface area contributed by atoms with Crippen molar-refractivity contribution in [2.45, 2.75) is 13.8 Å². The second-order valence-electron chi connectivity index (χ2n) is 4.37. The topological polar surface area (TPSA) is 33.3 Å². The molecule has 2 aromatic carbocycles. The van der Waals surface area contributed by atoms with Gasteiger partial charge in [0.25, 0.3) is 0 Å². The van der Waals surface area contributed by atoms with Gasteiger partial charge in [0.15, 0.2) is 5.11 Å². The molecule has 0 spiro atoms. The van der Waals surface area contributed by atoms with Crippen LogP contribution in [0.15, 0.2) is 48.5 Å². The normalized spacial score (nSPS) is 9.90. The summed E-state index contributed by atoms with van der Waals surface area (Å²) in [6, 6.07) is 15.8. The van der Waals surface area contributed by atoms with E-state index in [9.17, 15) is 0 Å². The van der Waals surface area contributed by atoms with Gasteiger partial charge in [-0.1, -0.05) is 29.8 Å². The number of nitrogens with one attached hydrogen (secondary N) is 2. The summed E-state index contributed by atoms with van der Waals surface area (Å²) in [5, 5.41) is 6.85. The Bertz CT molecular complexity index is 581. The number of hydrogen-bond acceptors (Lipinski definition) is 2. The Kier molecular flexibility index (Phi) is 4.96. The quantitative estimate of drug-likeness (QED) is 0.825. The molecule has 3 nitrogen and oxygen atoms in total. The number of rotatable bonds is 4. The summed E-state index contributed by atoms with van der Waals surface area (Å²) in [7, 11) is 0. The summed E-state index contributed by atoms with van der Waals surface area (Å²) in [6.45, 7) is 4.63. The van der Waals surface area contributed by atoms with Crippen LogP contribution in [0.25, 0.3) is 0 Å². The van der Waals surface area contributed by atoms with Crippen molar-refractivity contribution in [3.8, 4) is 5.75 Å². The maximum Gasteiger partial charge on any atom is 0.175 e. The number of hydrogen-bond donors (Lipinski definition) is 2. The third-order valence-electron chi connectivity index (χ3n) is 2.74. The van der Waals surface area contributed by atoms with Crippen LogP contribution in [0.1, 0.15) is 12.5 Å². The molecular formula is C16H18N2OS. The van der Waals surface area contributed by atoms with Crippen molar-refractivity contribution in [1.29, 1.82) is 0 Å². The molecule has 4 heteroatoms. The van der Waals surface area contributed by atoms with Gasteiger partial charge in [0.05, 0.1) is 12.3 Å². The fourth-order valence-corrected chi connectivity index (χ4v) is 2.00. The third-order valence-corrected chi connectivity index (χ3v) is 2.95. The van der Waals surface area contributed by atoms with Gasteiger partial charge >= 0.3 is 0 Å². The molecule has 2 N–H and O–H groups in total. The van der Waals surface area contributed by atoms with E-state index in [1.54, 1.807) is 0 Å². The Hall–Kier alpha value is -2.07. The highest BCUT2D eigenvalue weighted by atomic mass is 32.1. The second kappa shape index (κ2) is 6.91. The summed E-state index contributed by atoms with van der Waals surface area (Å²) in [6.07, 6.45) is 0. The molecule has 2 aromatic rings. The molecule has 0 saturated carbocycles. The first-order valence-corrected chi connectivity index (χ1v) is 6.96. The lowest BCUT2D eigenvalue weighted by molar-refractivity contribution is 0.342. The average molecular weight is 286 g/mol. The van der Waals surface area contributed by atoms with Crippen molar-refractivity contribution in [3.63, 3.8) is 0 Å². The fraction of sp³-hybridized carbons (Fsp3) is 0.188. The Morgan fingerprint density at radius 2 is 1.75 bits per heavy atom. The van der Waals surface area contributed by atoms with Crippen molar-refractivity contribution >= 4 is 28.7 Å². The molecule has 2 rings (SSSR count). The molecule has 0 radical (unpaired) electrons. The number of benzene rings is 2. The zero-order chi connectivity index (χ0) is 14.4. The van der Waals surface area contributed by atoms with Crippen molar-refractivity contribution in [1.82, 2.24) is 0 Å². The minimum absolute atomic E-state index is 0.543. The predicted octanol–water partition coefficient (Wildman–Crippen LogP) is 4.20. The maximum atomic E-state index is 5.55. The van der Waals surface area contributed by atoms with E-state index in [1.807, 2.05) is 55.5 Å². The minimum Gasteiger partial charge on any atom is -0.492 e. The minimum atomic E-state index is 0.543. The molecule has 0 heterocycles. The highest BCUT2D eigenvalue weighted by Crippen LogP contribution is 2.23. The van der Waals surface area contributed by atoms with Crippen LogP contribution < -0.4 is 15.4 Å². The van der Waals surface area contributed by atoms with E-state index >= 15 is 0 Å². The van der Waals surface area contributed by atoms with Gasteiger partial charge < -0.3 is 15.4 Å². The van der Waals surface area contributed by atoms with Gasteiger partial charge in [-0.15, -0.1) is 0 Å². The van der Waals surface area contributed by atoms with E-state index in [0.29, 0.717) is 11.7 Å². The monoisotopic (exact) mass is 286 g/mol. The Morgan fingerprint density at radius 3 is 2.45 bits per heavy atom. The standard InChI is InChI=1S/C16H18N2OS/c1-3-19-15-7-5-4-6-14(15)18-16(20)17-13-10-8-12(2)9-11-13/h4-11H,3H2,1-2H3,(H2,17,18,20). The van der Waals surface area contributed by atoms with E-state index in [4.69, 9.17) is 17.0 Å². The predicted molar refractivity (Wildman–Crippen MR) is 88.6 cm³/mol. The molecule has 20 heavy (non-hydrogen) atoms. The SMILES string of the molecule is CCOc1ccccc1NC(=S)Nc1ccc(C)cc1. The summed E-state index contributed by atoms with van der Waals surface area (Å²) in [5.41, 5.74) is 3.04. The van der Waals surface area contributed by atoms with Gasteiger partial charge in [-0.2, -0.15) is 0 Å². The van der Waals surface area contributed by atoms with Gasteiger partial charge in [0.1, 0.15) is 5.75 Å². The van der Waals surface area contributed by atoms with Crippen LogP contribution >= 0.6 is 12.2 Å². The Labute approximate surface area is 125 Å². The molecular weight excluding hydrogens is 268 g/mol. The van der Waals surface area contributed by atoms with Crippen molar-refractivity contribution < 1.29 is 4.74 Å². The van der Waals surface area contributed by atoms with Crippen molar-refractivity contribution in [3.05, 3.63) is 54.1 Å². The number of para-hydroxylation sites is 2. The highest BCUT2D eigenvalue weighted by molar-refractivity contribution is 7.80. The average Bonchev–Trinajstić information content (AvgIpc) is 2.44.